The molecule has 1 aromatic carbocycles. The minimum Gasteiger partial charge on any atom is -0.352 e. The summed E-state index contributed by atoms with van der Waals surface area (Å²) in [5.41, 5.74) is 2.53. The van der Waals surface area contributed by atoms with Crippen molar-refractivity contribution < 1.29 is 4.79 Å². The molecule has 1 aromatic rings. The highest BCUT2D eigenvalue weighted by atomic mass is 79.9. The summed E-state index contributed by atoms with van der Waals surface area (Å²) in [6.07, 6.45) is 2.61. The zero-order valence-corrected chi connectivity index (χ0v) is 14.8. The molecule has 21 heavy (non-hydrogen) atoms. The first-order chi connectivity index (χ1) is 10.2. The Morgan fingerprint density at radius 3 is 2.43 bits per heavy atom. The van der Waals surface area contributed by atoms with Gasteiger partial charge >= 0.3 is 0 Å². The van der Waals surface area contributed by atoms with E-state index in [1.807, 2.05) is 6.07 Å². The fourth-order valence-corrected chi connectivity index (χ4v) is 2.63. The van der Waals surface area contributed by atoms with Crippen LogP contribution in [0.3, 0.4) is 0 Å². The van der Waals surface area contributed by atoms with E-state index in [9.17, 15) is 4.79 Å². The van der Waals surface area contributed by atoms with E-state index in [-0.39, 0.29) is 5.91 Å². The molecule has 0 aliphatic heterocycles. The topological polar surface area (TPSA) is 32.3 Å². The molecular weight excluding hydrogens is 328 g/mol. The molecule has 0 spiro atoms. The Kier molecular flexibility index (Phi) is 9.35. The van der Waals surface area contributed by atoms with Crippen LogP contribution < -0.4 is 5.32 Å². The van der Waals surface area contributed by atoms with Gasteiger partial charge in [0, 0.05) is 24.8 Å². The number of halogens is 1. The van der Waals surface area contributed by atoms with Crippen molar-refractivity contribution in [1.29, 1.82) is 0 Å². The number of benzene rings is 1. The van der Waals surface area contributed by atoms with Crippen molar-refractivity contribution in [3.05, 3.63) is 35.4 Å². The van der Waals surface area contributed by atoms with Gasteiger partial charge in [0.15, 0.2) is 0 Å². The summed E-state index contributed by atoms with van der Waals surface area (Å²) in [5, 5.41) is 4.00. The van der Waals surface area contributed by atoms with Crippen molar-refractivity contribution in [2.24, 2.45) is 0 Å². The van der Waals surface area contributed by atoms with Crippen molar-refractivity contribution >= 4 is 21.8 Å². The Bertz CT molecular complexity index is 419. The summed E-state index contributed by atoms with van der Waals surface area (Å²) in [6, 6.07) is 8.38. The van der Waals surface area contributed by atoms with Crippen LogP contribution in [0.15, 0.2) is 24.3 Å². The number of nitrogens with zero attached hydrogens (tertiary/aromatic N) is 1. The van der Waals surface area contributed by atoms with Crippen molar-refractivity contribution in [1.82, 2.24) is 10.2 Å². The highest BCUT2D eigenvalue weighted by Gasteiger charge is 2.07. The highest BCUT2D eigenvalue weighted by Crippen LogP contribution is 2.12. The van der Waals surface area contributed by atoms with E-state index in [2.05, 4.69) is 58.2 Å². The molecule has 0 fully saturated rings. The molecule has 0 aliphatic rings. The average Bonchev–Trinajstić information content (AvgIpc) is 2.51. The van der Waals surface area contributed by atoms with Crippen LogP contribution in [0, 0.1) is 0 Å². The van der Waals surface area contributed by atoms with Crippen molar-refractivity contribution in [3.8, 4) is 0 Å². The molecule has 0 aliphatic carbocycles. The van der Waals surface area contributed by atoms with E-state index < -0.39 is 0 Å². The van der Waals surface area contributed by atoms with E-state index in [1.165, 1.54) is 11.1 Å². The SMILES string of the molecule is CCN(CC)Cc1ccccc1CNC(=O)CCCCBr. The Hall–Kier alpha value is -0.870. The molecule has 0 aromatic heterocycles. The minimum absolute atomic E-state index is 0.147. The minimum atomic E-state index is 0.147. The van der Waals surface area contributed by atoms with Crippen LogP contribution in [0.5, 0.6) is 0 Å². The summed E-state index contributed by atoms with van der Waals surface area (Å²) in [5.74, 6) is 0.147. The van der Waals surface area contributed by atoms with Crippen LogP contribution >= 0.6 is 15.9 Å². The fraction of sp³-hybridized carbons (Fsp3) is 0.588. The molecule has 0 saturated heterocycles. The lowest BCUT2D eigenvalue weighted by Crippen LogP contribution is -2.25. The number of carbonyl (C=O) groups excluding carboxylic acids is 1. The van der Waals surface area contributed by atoms with E-state index in [1.54, 1.807) is 0 Å². The smallest absolute Gasteiger partial charge is 0.220 e. The van der Waals surface area contributed by atoms with Gasteiger partial charge in [0.2, 0.25) is 5.91 Å². The monoisotopic (exact) mass is 354 g/mol. The first kappa shape index (κ1) is 18.2. The number of alkyl halides is 1. The van der Waals surface area contributed by atoms with Gasteiger partial charge < -0.3 is 5.32 Å². The molecule has 0 radical (unpaired) electrons. The van der Waals surface area contributed by atoms with Gasteiger partial charge in [-0.2, -0.15) is 0 Å². The lowest BCUT2D eigenvalue weighted by molar-refractivity contribution is -0.121. The Morgan fingerprint density at radius 2 is 1.81 bits per heavy atom. The molecule has 0 saturated carbocycles. The van der Waals surface area contributed by atoms with Gasteiger partial charge in [-0.05, 0) is 37.1 Å². The number of rotatable bonds is 10. The molecular formula is C17H27BrN2O. The summed E-state index contributed by atoms with van der Waals surface area (Å²) in [7, 11) is 0. The third kappa shape index (κ3) is 7.09. The number of nitrogens with one attached hydrogen (secondary N) is 1. The van der Waals surface area contributed by atoms with Crippen LogP contribution in [0.4, 0.5) is 0 Å². The number of amides is 1. The van der Waals surface area contributed by atoms with E-state index >= 15 is 0 Å². The highest BCUT2D eigenvalue weighted by molar-refractivity contribution is 9.09. The maximum atomic E-state index is 11.8. The second-order valence-electron chi connectivity index (χ2n) is 5.15. The van der Waals surface area contributed by atoms with Crippen LogP contribution in [-0.4, -0.2) is 29.2 Å². The second kappa shape index (κ2) is 10.8. The van der Waals surface area contributed by atoms with Gasteiger partial charge in [-0.25, -0.2) is 0 Å². The molecule has 1 amide bonds. The molecule has 118 valence electrons. The maximum absolute atomic E-state index is 11.8. The van der Waals surface area contributed by atoms with Crippen molar-refractivity contribution in [2.45, 2.75) is 46.2 Å². The molecule has 1 N–H and O–H groups in total. The molecule has 3 nitrogen and oxygen atoms in total. The molecule has 0 atom stereocenters. The van der Waals surface area contributed by atoms with Crippen molar-refractivity contribution in [2.75, 3.05) is 18.4 Å². The quantitative estimate of drug-likeness (QED) is 0.513. The normalized spacial score (nSPS) is 10.9. The molecule has 0 unspecified atom stereocenters. The molecule has 0 heterocycles. The predicted molar refractivity (Wildman–Crippen MR) is 92.6 cm³/mol. The van der Waals surface area contributed by atoms with Crippen LogP contribution in [-0.2, 0) is 17.9 Å². The second-order valence-corrected chi connectivity index (χ2v) is 5.95. The molecule has 4 heteroatoms. The van der Waals surface area contributed by atoms with E-state index in [4.69, 9.17) is 0 Å². The standard InChI is InChI=1S/C17H27BrN2O/c1-3-20(4-2)14-16-10-6-5-9-15(16)13-19-17(21)11-7-8-12-18/h5-6,9-10H,3-4,7-8,11-14H2,1-2H3,(H,19,21). The lowest BCUT2D eigenvalue weighted by Gasteiger charge is -2.20. The third-order valence-electron chi connectivity index (χ3n) is 3.67. The summed E-state index contributed by atoms with van der Waals surface area (Å²) >= 11 is 3.38. The summed E-state index contributed by atoms with van der Waals surface area (Å²) < 4.78 is 0. The van der Waals surface area contributed by atoms with Crippen LogP contribution in [0.25, 0.3) is 0 Å². The number of hydrogen-bond donors (Lipinski definition) is 1. The Morgan fingerprint density at radius 1 is 1.14 bits per heavy atom. The van der Waals surface area contributed by atoms with Crippen LogP contribution in [0.1, 0.15) is 44.2 Å². The average molecular weight is 355 g/mol. The first-order valence-corrected chi connectivity index (χ1v) is 8.95. The number of hydrogen-bond acceptors (Lipinski definition) is 2. The van der Waals surface area contributed by atoms with Gasteiger partial charge in [0.1, 0.15) is 0 Å². The van der Waals surface area contributed by atoms with Gasteiger partial charge in [0.05, 0.1) is 0 Å². The van der Waals surface area contributed by atoms with E-state index in [0.29, 0.717) is 13.0 Å². The van der Waals surface area contributed by atoms with Gasteiger partial charge in [-0.1, -0.05) is 54.0 Å². The zero-order valence-electron chi connectivity index (χ0n) is 13.2. The Balaban J connectivity index is 2.52. The lowest BCUT2D eigenvalue weighted by atomic mass is 10.1. The first-order valence-electron chi connectivity index (χ1n) is 7.83. The van der Waals surface area contributed by atoms with Gasteiger partial charge in [0.25, 0.3) is 0 Å². The summed E-state index contributed by atoms with van der Waals surface area (Å²) in [4.78, 5) is 14.2. The maximum Gasteiger partial charge on any atom is 0.220 e. The third-order valence-corrected chi connectivity index (χ3v) is 4.23. The van der Waals surface area contributed by atoms with Gasteiger partial charge in [-0.3, -0.25) is 9.69 Å². The van der Waals surface area contributed by atoms with Crippen LogP contribution in [0.2, 0.25) is 0 Å². The predicted octanol–water partition coefficient (Wildman–Crippen LogP) is 3.71. The molecule has 1 rings (SSSR count). The molecule has 0 bridgehead atoms. The van der Waals surface area contributed by atoms with Crippen molar-refractivity contribution in [3.63, 3.8) is 0 Å². The number of unbranched alkanes of at least 4 members (excludes halogenated alkanes) is 1. The largest absolute Gasteiger partial charge is 0.352 e. The van der Waals surface area contributed by atoms with E-state index in [0.717, 1.165) is 37.8 Å². The fourth-order valence-electron chi connectivity index (χ4n) is 2.23. The van der Waals surface area contributed by atoms with Gasteiger partial charge in [-0.15, -0.1) is 0 Å². The number of carbonyl (C=O) groups is 1. The Labute approximate surface area is 137 Å². The summed E-state index contributed by atoms with van der Waals surface area (Å²) in [6.45, 7) is 8.02. The zero-order chi connectivity index (χ0) is 15.5.